The zero-order valence-corrected chi connectivity index (χ0v) is 8.35. The van der Waals surface area contributed by atoms with Crippen molar-refractivity contribution in [3.8, 4) is 0 Å². The van der Waals surface area contributed by atoms with E-state index >= 15 is 0 Å². The number of ketones is 1. The number of carbonyl (C=O) groups is 1. The first-order valence-corrected chi connectivity index (χ1v) is 4.24. The molecule has 5 heteroatoms. The molecule has 0 saturated carbocycles. The Morgan fingerprint density at radius 3 is 2.40 bits per heavy atom. The maximum Gasteiger partial charge on any atom is 0.179 e. The van der Waals surface area contributed by atoms with Crippen molar-refractivity contribution in [1.29, 1.82) is 0 Å². The predicted molar refractivity (Wildman–Crippen MR) is 49.2 cm³/mol. The Bertz CT molecular complexity index is 390. The number of nitrogens with zero attached hydrogens (tertiary/aromatic N) is 1. The standard InChI is InChI=1S/C10H10F3NO/c1-14(2)5-9(15)7-3-6(11)4-8(12)10(7)13/h3-4H,5H2,1-2H3. The second-order valence-electron chi connectivity index (χ2n) is 3.41. The third-order valence-corrected chi connectivity index (χ3v) is 1.75. The largest absolute Gasteiger partial charge is 0.302 e. The maximum atomic E-state index is 13.1. The topological polar surface area (TPSA) is 20.3 Å². The van der Waals surface area contributed by atoms with E-state index in [-0.39, 0.29) is 6.54 Å². The molecule has 0 atom stereocenters. The number of Topliss-reactive ketones (excluding diaryl/α,β-unsaturated/α-hetero) is 1. The highest BCUT2D eigenvalue weighted by Crippen LogP contribution is 2.14. The molecule has 0 unspecified atom stereocenters. The van der Waals surface area contributed by atoms with E-state index in [1.807, 2.05) is 0 Å². The highest BCUT2D eigenvalue weighted by molar-refractivity contribution is 5.97. The summed E-state index contributed by atoms with van der Waals surface area (Å²) in [5.41, 5.74) is -0.554. The molecule has 0 radical (unpaired) electrons. The highest BCUT2D eigenvalue weighted by atomic mass is 19.2. The molecule has 0 aliphatic rings. The third-order valence-electron chi connectivity index (χ3n) is 1.75. The van der Waals surface area contributed by atoms with Gasteiger partial charge in [0.15, 0.2) is 17.4 Å². The molecule has 0 spiro atoms. The van der Waals surface area contributed by atoms with Crippen LogP contribution in [0.25, 0.3) is 0 Å². The number of carbonyl (C=O) groups excluding carboxylic acids is 1. The summed E-state index contributed by atoms with van der Waals surface area (Å²) < 4.78 is 38.6. The Morgan fingerprint density at radius 1 is 1.27 bits per heavy atom. The fourth-order valence-corrected chi connectivity index (χ4v) is 1.13. The molecule has 15 heavy (non-hydrogen) atoms. The summed E-state index contributed by atoms with van der Waals surface area (Å²) in [6, 6.07) is 1.10. The second-order valence-corrected chi connectivity index (χ2v) is 3.41. The number of hydrogen-bond donors (Lipinski definition) is 0. The SMILES string of the molecule is CN(C)CC(=O)c1cc(F)cc(F)c1F. The molecule has 2 nitrogen and oxygen atoms in total. The van der Waals surface area contributed by atoms with Crippen LogP contribution in [0.4, 0.5) is 13.2 Å². The minimum absolute atomic E-state index is 0.0974. The molecule has 0 bridgehead atoms. The van der Waals surface area contributed by atoms with Crippen molar-refractivity contribution in [3.05, 3.63) is 35.1 Å². The molecule has 0 heterocycles. The number of hydrogen-bond acceptors (Lipinski definition) is 2. The average Bonchev–Trinajstić information content (AvgIpc) is 2.09. The van der Waals surface area contributed by atoms with Gasteiger partial charge in [-0.1, -0.05) is 0 Å². The first kappa shape index (κ1) is 11.7. The molecule has 0 aliphatic heterocycles. The molecule has 0 fully saturated rings. The fourth-order valence-electron chi connectivity index (χ4n) is 1.13. The van der Waals surface area contributed by atoms with Gasteiger partial charge in [-0.25, -0.2) is 13.2 Å². The van der Waals surface area contributed by atoms with Gasteiger partial charge in [0.2, 0.25) is 0 Å². The van der Waals surface area contributed by atoms with Gasteiger partial charge in [0, 0.05) is 6.07 Å². The number of rotatable bonds is 3. The van der Waals surface area contributed by atoms with Crippen molar-refractivity contribution in [2.75, 3.05) is 20.6 Å². The highest BCUT2D eigenvalue weighted by Gasteiger charge is 2.17. The van der Waals surface area contributed by atoms with E-state index in [9.17, 15) is 18.0 Å². The van der Waals surface area contributed by atoms with Crippen LogP contribution in [0.1, 0.15) is 10.4 Å². The molecular formula is C10H10F3NO. The van der Waals surface area contributed by atoms with Crippen LogP contribution in [0.15, 0.2) is 12.1 Å². The summed E-state index contributed by atoms with van der Waals surface area (Å²) in [5.74, 6) is -4.27. The molecule has 0 aliphatic carbocycles. The average molecular weight is 217 g/mol. The lowest BCUT2D eigenvalue weighted by atomic mass is 10.1. The molecule has 0 aromatic heterocycles. The van der Waals surface area contributed by atoms with Gasteiger partial charge in [0.05, 0.1) is 12.1 Å². The number of halogens is 3. The quantitative estimate of drug-likeness (QED) is 0.568. The molecule has 1 aromatic rings. The normalized spacial score (nSPS) is 10.8. The van der Waals surface area contributed by atoms with Crippen LogP contribution in [0.3, 0.4) is 0 Å². The number of benzene rings is 1. The van der Waals surface area contributed by atoms with E-state index in [1.54, 1.807) is 14.1 Å². The van der Waals surface area contributed by atoms with Crippen LogP contribution < -0.4 is 0 Å². The van der Waals surface area contributed by atoms with E-state index in [0.717, 1.165) is 0 Å². The Balaban J connectivity index is 3.08. The Morgan fingerprint density at radius 2 is 1.87 bits per heavy atom. The van der Waals surface area contributed by atoms with E-state index in [2.05, 4.69) is 0 Å². The van der Waals surface area contributed by atoms with Gasteiger partial charge in [-0.2, -0.15) is 0 Å². The minimum atomic E-state index is -1.35. The van der Waals surface area contributed by atoms with Gasteiger partial charge in [-0.3, -0.25) is 4.79 Å². The van der Waals surface area contributed by atoms with E-state index in [0.29, 0.717) is 12.1 Å². The monoisotopic (exact) mass is 217 g/mol. The van der Waals surface area contributed by atoms with Crippen molar-refractivity contribution in [2.45, 2.75) is 0 Å². The van der Waals surface area contributed by atoms with Gasteiger partial charge in [-0.15, -0.1) is 0 Å². The van der Waals surface area contributed by atoms with E-state index in [4.69, 9.17) is 0 Å². The van der Waals surface area contributed by atoms with Crippen LogP contribution in [0.5, 0.6) is 0 Å². The van der Waals surface area contributed by atoms with Crippen molar-refractivity contribution in [1.82, 2.24) is 4.90 Å². The van der Waals surface area contributed by atoms with Gasteiger partial charge >= 0.3 is 0 Å². The van der Waals surface area contributed by atoms with Crippen molar-refractivity contribution in [3.63, 3.8) is 0 Å². The van der Waals surface area contributed by atoms with Gasteiger partial charge in [0.25, 0.3) is 0 Å². The Hall–Kier alpha value is -1.36. The molecule has 0 N–H and O–H groups in total. The van der Waals surface area contributed by atoms with Crippen molar-refractivity contribution < 1.29 is 18.0 Å². The third kappa shape index (κ3) is 2.79. The fraction of sp³-hybridized carbons (Fsp3) is 0.300. The smallest absolute Gasteiger partial charge is 0.179 e. The zero-order valence-electron chi connectivity index (χ0n) is 8.35. The van der Waals surface area contributed by atoms with Gasteiger partial charge < -0.3 is 4.90 Å². The van der Waals surface area contributed by atoms with Crippen LogP contribution in [-0.2, 0) is 0 Å². The Kier molecular flexibility index (Phi) is 3.47. The first-order valence-electron chi connectivity index (χ1n) is 4.24. The molecule has 0 saturated heterocycles. The summed E-state index contributed by atoms with van der Waals surface area (Å²) in [6.07, 6.45) is 0. The van der Waals surface area contributed by atoms with E-state index < -0.39 is 28.8 Å². The van der Waals surface area contributed by atoms with E-state index in [1.165, 1.54) is 4.90 Å². The van der Waals surface area contributed by atoms with Crippen LogP contribution in [0.2, 0.25) is 0 Å². The van der Waals surface area contributed by atoms with Gasteiger partial charge in [-0.05, 0) is 20.2 Å². The molecular weight excluding hydrogens is 207 g/mol. The van der Waals surface area contributed by atoms with Crippen LogP contribution in [0, 0.1) is 17.5 Å². The lowest BCUT2D eigenvalue weighted by Gasteiger charge is -2.09. The predicted octanol–water partition coefficient (Wildman–Crippen LogP) is 1.85. The Labute approximate surface area is 85.3 Å². The first-order chi connectivity index (χ1) is 6.91. The minimum Gasteiger partial charge on any atom is -0.302 e. The molecule has 1 aromatic carbocycles. The lowest BCUT2D eigenvalue weighted by molar-refractivity contribution is 0.0952. The maximum absolute atomic E-state index is 13.1. The molecule has 0 amide bonds. The summed E-state index contributed by atoms with van der Waals surface area (Å²) in [7, 11) is 3.21. The van der Waals surface area contributed by atoms with Gasteiger partial charge in [0.1, 0.15) is 5.82 Å². The summed E-state index contributed by atoms with van der Waals surface area (Å²) >= 11 is 0. The van der Waals surface area contributed by atoms with Crippen LogP contribution in [-0.4, -0.2) is 31.3 Å². The summed E-state index contributed by atoms with van der Waals surface area (Å²) in [6.45, 7) is -0.0974. The number of likely N-dealkylation sites (N-methyl/N-ethyl adjacent to an activating group) is 1. The second kappa shape index (κ2) is 4.44. The molecule has 1 rings (SSSR count). The summed E-state index contributed by atoms with van der Waals surface area (Å²) in [5, 5.41) is 0. The summed E-state index contributed by atoms with van der Waals surface area (Å²) in [4.78, 5) is 12.9. The lowest BCUT2D eigenvalue weighted by Crippen LogP contribution is -2.23. The van der Waals surface area contributed by atoms with Crippen LogP contribution >= 0.6 is 0 Å². The molecule has 82 valence electrons. The van der Waals surface area contributed by atoms with Crippen molar-refractivity contribution in [2.24, 2.45) is 0 Å². The van der Waals surface area contributed by atoms with Crippen molar-refractivity contribution >= 4 is 5.78 Å². The zero-order chi connectivity index (χ0) is 11.6.